The number of aromatic nitrogens is 2. The molecule has 0 spiro atoms. The van der Waals surface area contributed by atoms with Crippen molar-refractivity contribution in [2.45, 2.75) is 18.8 Å². The van der Waals surface area contributed by atoms with E-state index in [0.717, 1.165) is 30.1 Å². The molecule has 2 aromatic carbocycles. The van der Waals surface area contributed by atoms with Crippen LogP contribution in [0, 0.1) is 17.0 Å². The molecule has 35 heavy (non-hydrogen) atoms. The van der Waals surface area contributed by atoms with E-state index < -0.39 is 24.0 Å². The van der Waals surface area contributed by atoms with Crippen molar-refractivity contribution in [1.29, 1.82) is 5.41 Å². The van der Waals surface area contributed by atoms with Gasteiger partial charge >= 0.3 is 0 Å². The number of nitrogens with one attached hydrogen (secondary N) is 2. The topological polar surface area (TPSA) is 61.8 Å². The average Bonchev–Trinajstić information content (AvgIpc) is 3.30. The fourth-order valence-electron chi connectivity index (χ4n) is 3.70. The van der Waals surface area contributed by atoms with Crippen LogP contribution in [0.5, 0.6) is 11.5 Å². The molecule has 0 unspecified atom stereocenters. The van der Waals surface area contributed by atoms with E-state index in [1.807, 2.05) is 0 Å². The van der Waals surface area contributed by atoms with E-state index in [0.29, 0.717) is 22.2 Å². The zero-order valence-corrected chi connectivity index (χ0v) is 19.5. The van der Waals surface area contributed by atoms with Gasteiger partial charge < -0.3 is 9.72 Å². The molecule has 4 nitrogen and oxygen atoms in total. The second-order valence-corrected chi connectivity index (χ2v) is 8.61. The Balaban J connectivity index is 1.73. The van der Waals surface area contributed by atoms with E-state index in [1.54, 1.807) is 18.5 Å². The van der Waals surface area contributed by atoms with Crippen LogP contribution in [-0.4, -0.2) is 21.3 Å². The fourth-order valence-corrected chi connectivity index (χ4v) is 4.08. The Bertz CT molecular complexity index is 1400. The molecular formula is C26H21F4N3OS. The summed E-state index contributed by atoms with van der Waals surface area (Å²) in [4.78, 5) is 7.12. The van der Waals surface area contributed by atoms with Crippen molar-refractivity contribution >= 4 is 27.7 Å². The SMILES string of the molecule is C=CCC(F)(F)c1ccc(Cc2c(Oc3ccc(F)c(C(=N)SC)c3)c(F)cc3[nH]ccc23)nc1. The third-order valence-corrected chi connectivity index (χ3v) is 6.11. The maximum atomic E-state index is 15.2. The van der Waals surface area contributed by atoms with E-state index in [9.17, 15) is 13.2 Å². The third kappa shape index (κ3) is 5.09. The zero-order chi connectivity index (χ0) is 25.2. The number of halogens is 4. The summed E-state index contributed by atoms with van der Waals surface area (Å²) >= 11 is 1.07. The first-order valence-corrected chi connectivity index (χ1v) is 11.8. The molecule has 0 radical (unpaired) electrons. The molecule has 2 aromatic heterocycles. The number of H-pyrrole nitrogens is 1. The molecule has 0 bridgehead atoms. The summed E-state index contributed by atoms with van der Waals surface area (Å²) < 4.78 is 63.5. The molecule has 180 valence electrons. The minimum Gasteiger partial charge on any atom is -0.454 e. The van der Waals surface area contributed by atoms with Gasteiger partial charge in [-0.05, 0) is 42.7 Å². The molecule has 0 amide bonds. The minimum atomic E-state index is -3.08. The number of fused-ring (bicyclic) bond motifs is 1. The molecule has 0 aliphatic carbocycles. The number of pyridine rings is 1. The highest BCUT2D eigenvalue weighted by Gasteiger charge is 2.30. The Morgan fingerprint density at radius 2 is 1.97 bits per heavy atom. The number of benzene rings is 2. The minimum absolute atomic E-state index is 0.00674. The molecule has 0 saturated carbocycles. The Kier molecular flexibility index (Phi) is 6.98. The van der Waals surface area contributed by atoms with E-state index in [-0.39, 0.29) is 34.1 Å². The number of nitrogens with zero attached hydrogens (tertiary/aromatic N) is 1. The van der Waals surface area contributed by atoms with Crippen LogP contribution < -0.4 is 4.74 Å². The Hall–Kier alpha value is -3.59. The van der Waals surface area contributed by atoms with Gasteiger partial charge in [-0.1, -0.05) is 6.08 Å². The van der Waals surface area contributed by atoms with Crippen LogP contribution in [0.2, 0.25) is 0 Å². The van der Waals surface area contributed by atoms with Gasteiger partial charge in [-0.2, -0.15) is 0 Å². The number of hydrogen-bond acceptors (Lipinski definition) is 4. The van der Waals surface area contributed by atoms with Crippen molar-refractivity contribution in [3.63, 3.8) is 0 Å². The van der Waals surface area contributed by atoms with Crippen LogP contribution in [0.1, 0.15) is 28.8 Å². The number of ether oxygens (including phenoxy) is 1. The molecule has 4 rings (SSSR count). The summed E-state index contributed by atoms with van der Waals surface area (Å²) in [5, 5.41) is 8.60. The molecule has 0 fully saturated rings. The molecule has 0 saturated heterocycles. The summed E-state index contributed by atoms with van der Waals surface area (Å²) in [6.07, 6.45) is 5.15. The number of rotatable bonds is 8. The molecule has 4 aromatic rings. The van der Waals surface area contributed by atoms with Gasteiger partial charge in [0.25, 0.3) is 5.92 Å². The molecule has 9 heteroatoms. The van der Waals surface area contributed by atoms with Crippen molar-refractivity contribution in [1.82, 2.24) is 9.97 Å². The first kappa shape index (κ1) is 24.5. The third-order valence-electron chi connectivity index (χ3n) is 5.48. The van der Waals surface area contributed by atoms with Gasteiger partial charge in [-0.15, -0.1) is 18.3 Å². The van der Waals surface area contributed by atoms with Crippen LogP contribution in [-0.2, 0) is 12.3 Å². The van der Waals surface area contributed by atoms with Gasteiger partial charge in [0.2, 0.25) is 0 Å². The van der Waals surface area contributed by atoms with E-state index in [4.69, 9.17) is 10.1 Å². The van der Waals surface area contributed by atoms with Crippen LogP contribution in [0.25, 0.3) is 10.9 Å². The van der Waals surface area contributed by atoms with Crippen LogP contribution in [0.3, 0.4) is 0 Å². The molecule has 2 heterocycles. The average molecular weight is 500 g/mol. The van der Waals surface area contributed by atoms with Crippen LogP contribution in [0.4, 0.5) is 17.6 Å². The Morgan fingerprint density at radius 3 is 2.66 bits per heavy atom. The number of aromatic amines is 1. The van der Waals surface area contributed by atoms with Gasteiger partial charge in [-0.3, -0.25) is 10.4 Å². The summed E-state index contributed by atoms with van der Waals surface area (Å²) in [6, 6.07) is 9.65. The Morgan fingerprint density at radius 1 is 1.17 bits per heavy atom. The van der Waals surface area contributed by atoms with Gasteiger partial charge in [0, 0.05) is 64.6 Å². The molecule has 0 aliphatic heterocycles. The number of alkyl halides is 2. The first-order valence-electron chi connectivity index (χ1n) is 10.6. The second-order valence-electron chi connectivity index (χ2n) is 7.79. The lowest BCUT2D eigenvalue weighted by atomic mass is 10.0. The largest absolute Gasteiger partial charge is 0.454 e. The van der Waals surface area contributed by atoms with Crippen LogP contribution >= 0.6 is 11.8 Å². The quantitative estimate of drug-likeness (QED) is 0.114. The molecule has 0 aliphatic rings. The van der Waals surface area contributed by atoms with Crippen molar-refractivity contribution in [3.05, 3.63) is 102 Å². The van der Waals surface area contributed by atoms with Crippen molar-refractivity contribution < 1.29 is 22.3 Å². The standard InChI is InChI=1S/C26H21F4N3OS/c1-3-9-26(29,30)15-4-5-16(33-14-15)11-19-18-8-10-32-23(18)13-22(28)24(19)34-17-6-7-21(27)20(12-17)25(31)35-2/h3-8,10,12-14,31-32H,1,9,11H2,2H3. The van der Waals surface area contributed by atoms with Gasteiger partial charge in [0.15, 0.2) is 11.6 Å². The number of hydrogen-bond donors (Lipinski definition) is 2. The maximum Gasteiger partial charge on any atom is 0.278 e. The lowest BCUT2D eigenvalue weighted by molar-refractivity contribution is -0.00121. The summed E-state index contributed by atoms with van der Waals surface area (Å²) in [5.41, 5.74) is 1.22. The highest BCUT2D eigenvalue weighted by Crippen LogP contribution is 2.37. The van der Waals surface area contributed by atoms with Gasteiger partial charge in [0.05, 0.1) is 5.04 Å². The maximum absolute atomic E-state index is 15.2. The first-order chi connectivity index (χ1) is 16.7. The van der Waals surface area contributed by atoms with Crippen molar-refractivity contribution in [2.24, 2.45) is 0 Å². The molecule has 2 N–H and O–H groups in total. The lowest BCUT2D eigenvalue weighted by Crippen LogP contribution is -2.12. The van der Waals surface area contributed by atoms with Crippen molar-refractivity contribution in [3.8, 4) is 11.5 Å². The highest BCUT2D eigenvalue weighted by atomic mass is 32.2. The zero-order valence-electron chi connectivity index (χ0n) is 18.7. The lowest BCUT2D eigenvalue weighted by Gasteiger charge is -2.16. The molecule has 0 atom stereocenters. The van der Waals surface area contributed by atoms with Crippen LogP contribution in [0.15, 0.2) is 67.5 Å². The van der Waals surface area contributed by atoms with Crippen molar-refractivity contribution in [2.75, 3.05) is 6.26 Å². The number of thioether (sulfide) groups is 1. The van der Waals surface area contributed by atoms with Gasteiger partial charge in [0.1, 0.15) is 11.6 Å². The predicted octanol–water partition coefficient (Wildman–Crippen LogP) is 7.58. The predicted molar refractivity (Wildman–Crippen MR) is 131 cm³/mol. The second kappa shape index (κ2) is 9.95. The summed E-state index contributed by atoms with van der Waals surface area (Å²) in [5.74, 6) is -4.26. The molecular weight excluding hydrogens is 478 g/mol. The summed E-state index contributed by atoms with van der Waals surface area (Å²) in [7, 11) is 0. The van der Waals surface area contributed by atoms with Gasteiger partial charge in [-0.25, -0.2) is 17.6 Å². The normalized spacial score (nSPS) is 11.6. The fraction of sp³-hybridized carbons (Fsp3) is 0.154. The van der Waals surface area contributed by atoms with E-state index in [1.165, 1.54) is 30.3 Å². The Labute approximate surface area is 203 Å². The smallest absolute Gasteiger partial charge is 0.278 e. The number of allylic oxidation sites excluding steroid dienone is 1. The van der Waals surface area contributed by atoms with E-state index >= 15 is 4.39 Å². The monoisotopic (exact) mass is 499 g/mol. The van der Waals surface area contributed by atoms with E-state index in [2.05, 4.69) is 16.5 Å². The highest BCUT2D eigenvalue weighted by molar-refractivity contribution is 8.13. The summed E-state index contributed by atoms with van der Waals surface area (Å²) in [6.45, 7) is 3.36.